The molecular formula is C12H14N4O2S. The number of thioether (sulfide) groups is 1. The van der Waals surface area contributed by atoms with Gasteiger partial charge in [0, 0.05) is 17.5 Å². The molecule has 100 valence electrons. The van der Waals surface area contributed by atoms with Gasteiger partial charge in [-0.2, -0.15) is 17.0 Å². The van der Waals surface area contributed by atoms with Gasteiger partial charge in [0.1, 0.15) is 11.6 Å². The largest absolute Gasteiger partial charge is 0.362 e. The third-order valence-corrected chi connectivity index (χ3v) is 4.38. The van der Waals surface area contributed by atoms with E-state index in [1.807, 2.05) is 17.8 Å². The van der Waals surface area contributed by atoms with E-state index in [0.29, 0.717) is 5.25 Å². The average Bonchev–Trinajstić information content (AvgIpc) is 2.85. The van der Waals surface area contributed by atoms with Crippen LogP contribution >= 0.6 is 11.8 Å². The van der Waals surface area contributed by atoms with Crippen LogP contribution in [0.4, 0.5) is 11.5 Å². The summed E-state index contributed by atoms with van der Waals surface area (Å²) in [4.78, 5) is 14.5. The fourth-order valence-electron chi connectivity index (χ4n) is 2.31. The third-order valence-electron chi connectivity index (χ3n) is 3.29. The van der Waals surface area contributed by atoms with E-state index in [1.54, 1.807) is 0 Å². The Morgan fingerprint density at radius 2 is 2.42 bits per heavy atom. The Kier molecular flexibility index (Phi) is 4.22. The number of nitrogens with one attached hydrogen (secondary N) is 1. The van der Waals surface area contributed by atoms with Crippen molar-refractivity contribution in [3.8, 4) is 6.07 Å². The second-order valence-corrected chi connectivity index (χ2v) is 5.57. The molecule has 2 atom stereocenters. The molecule has 1 saturated carbocycles. The zero-order valence-electron chi connectivity index (χ0n) is 10.5. The zero-order chi connectivity index (χ0) is 13.8. The maximum Gasteiger partial charge on any atom is 0.328 e. The molecule has 0 aliphatic heterocycles. The quantitative estimate of drug-likeness (QED) is 0.672. The summed E-state index contributed by atoms with van der Waals surface area (Å²) < 4.78 is 0. The van der Waals surface area contributed by atoms with E-state index >= 15 is 0 Å². The van der Waals surface area contributed by atoms with Crippen LogP contribution < -0.4 is 5.32 Å². The van der Waals surface area contributed by atoms with E-state index in [1.165, 1.54) is 12.3 Å². The number of anilines is 1. The lowest BCUT2D eigenvalue weighted by molar-refractivity contribution is -0.384. The summed E-state index contributed by atoms with van der Waals surface area (Å²) in [6.45, 7) is 0. The minimum atomic E-state index is -0.547. The van der Waals surface area contributed by atoms with Gasteiger partial charge in [-0.05, 0) is 31.6 Å². The van der Waals surface area contributed by atoms with Gasteiger partial charge in [0.25, 0.3) is 0 Å². The Morgan fingerprint density at radius 1 is 1.63 bits per heavy atom. The lowest BCUT2D eigenvalue weighted by Gasteiger charge is -2.13. The van der Waals surface area contributed by atoms with Crippen LogP contribution in [-0.2, 0) is 0 Å². The van der Waals surface area contributed by atoms with Crippen LogP contribution in [0.2, 0.25) is 0 Å². The molecule has 1 fully saturated rings. The molecule has 1 aromatic heterocycles. The number of pyridine rings is 1. The van der Waals surface area contributed by atoms with Gasteiger partial charge in [0.15, 0.2) is 0 Å². The highest BCUT2D eigenvalue weighted by atomic mass is 32.2. The first-order valence-corrected chi connectivity index (χ1v) is 7.27. The Balaban J connectivity index is 2.21. The monoisotopic (exact) mass is 278 g/mol. The second-order valence-electron chi connectivity index (χ2n) is 4.44. The summed E-state index contributed by atoms with van der Waals surface area (Å²) in [5.41, 5.74) is -0.181. The highest BCUT2D eigenvalue weighted by Crippen LogP contribution is 2.33. The first kappa shape index (κ1) is 13.6. The number of hydrogen-bond donors (Lipinski definition) is 1. The van der Waals surface area contributed by atoms with Crippen molar-refractivity contribution in [2.75, 3.05) is 11.6 Å². The molecule has 1 aromatic rings. The summed E-state index contributed by atoms with van der Waals surface area (Å²) in [5.74, 6) is 0.204. The van der Waals surface area contributed by atoms with Gasteiger partial charge in [0.05, 0.1) is 4.92 Å². The predicted octanol–water partition coefficient (Wildman–Crippen LogP) is 2.56. The van der Waals surface area contributed by atoms with Crippen LogP contribution in [0.25, 0.3) is 0 Å². The molecule has 0 amide bonds. The average molecular weight is 278 g/mol. The van der Waals surface area contributed by atoms with Crippen LogP contribution in [0, 0.1) is 21.4 Å². The van der Waals surface area contributed by atoms with Gasteiger partial charge in [-0.3, -0.25) is 10.1 Å². The van der Waals surface area contributed by atoms with Crippen LogP contribution in [0.15, 0.2) is 12.3 Å². The molecule has 6 nitrogen and oxygen atoms in total. The molecule has 1 aliphatic carbocycles. The lowest BCUT2D eigenvalue weighted by atomic mass is 10.2. The van der Waals surface area contributed by atoms with Crippen LogP contribution in [0.1, 0.15) is 24.8 Å². The van der Waals surface area contributed by atoms with Gasteiger partial charge in [-0.15, -0.1) is 0 Å². The van der Waals surface area contributed by atoms with Gasteiger partial charge < -0.3 is 5.32 Å². The molecular weight excluding hydrogens is 264 g/mol. The molecule has 19 heavy (non-hydrogen) atoms. The molecule has 7 heteroatoms. The van der Waals surface area contributed by atoms with E-state index in [9.17, 15) is 10.1 Å². The molecule has 0 saturated heterocycles. The van der Waals surface area contributed by atoms with E-state index in [-0.39, 0.29) is 23.1 Å². The number of nitro groups is 1. The van der Waals surface area contributed by atoms with Crippen LogP contribution in [-0.4, -0.2) is 27.5 Å². The molecule has 1 heterocycles. The summed E-state index contributed by atoms with van der Waals surface area (Å²) >= 11 is 1.82. The van der Waals surface area contributed by atoms with E-state index in [2.05, 4.69) is 16.6 Å². The Hall–Kier alpha value is -1.81. The molecule has 0 radical (unpaired) electrons. The van der Waals surface area contributed by atoms with E-state index in [0.717, 1.165) is 19.3 Å². The molecule has 0 spiro atoms. The Labute approximate surface area is 115 Å². The second kappa shape index (κ2) is 5.89. The van der Waals surface area contributed by atoms with Crippen molar-refractivity contribution in [3.63, 3.8) is 0 Å². The molecule has 0 aromatic carbocycles. The highest BCUT2D eigenvalue weighted by molar-refractivity contribution is 7.99. The van der Waals surface area contributed by atoms with Gasteiger partial charge >= 0.3 is 5.69 Å². The lowest BCUT2D eigenvalue weighted by Crippen LogP contribution is -2.18. The predicted molar refractivity (Wildman–Crippen MR) is 74.2 cm³/mol. The highest BCUT2D eigenvalue weighted by Gasteiger charge is 2.28. The first-order valence-electron chi connectivity index (χ1n) is 5.98. The van der Waals surface area contributed by atoms with Crippen molar-refractivity contribution in [1.82, 2.24) is 4.98 Å². The van der Waals surface area contributed by atoms with Crippen molar-refractivity contribution < 1.29 is 4.92 Å². The van der Waals surface area contributed by atoms with Crippen molar-refractivity contribution in [2.24, 2.45) is 0 Å². The minimum absolute atomic E-state index is 0.0434. The van der Waals surface area contributed by atoms with Crippen LogP contribution in [0.5, 0.6) is 0 Å². The summed E-state index contributed by atoms with van der Waals surface area (Å²) in [6, 6.07) is 3.39. The van der Waals surface area contributed by atoms with E-state index < -0.39 is 4.92 Å². The van der Waals surface area contributed by atoms with Gasteiger partial charge in [0.2, 0.25) is 5.82 Å². The van der Waals surface area contributed by atoms with Gasteiger partial charge in [-0.25, -0.2) is 4.98 Å². The number of nitrogens with zero attached hydrogens (tertiary/aromatic N) is 3. The fourth-order valence-corrected chi connectivity index (χ4v) is 3.11. The number of hydrogen-bond acceptors (Lipinski definition) is 6. The van der Waals surface area contributed by atoms with Crippen molar-refractivity contribution in [3.05, 3.63) is 27.9 Å². The molecule has 2 rings (SSSR count). The molecule has 1 aliphatic rings. The van der Waals surface area contributed by atoms with Crippen LogP contribution in [0.3, 0.4) is 0 Å². The molecule has 2 unspecified atom stereocenters. The topological polar surface area (TPSA) is 91.8 Å². The normalized spacial score (nSPS) is 21.9. The first-order chi connectivity index (χ1) is 9.15. The number of rotatable bonds is 4. The third kappa shape index (κ3) is 2.96. The minimum Gasteiger partial charge on any atom is -0.362 e. The molecule has 1 N–H and O–H groups in total. The number of aromatic nitrogens is 1. The maximum atomic E-state index is 11.1. The standard InChI is InChI=1S/C12H14N4O2S/c1-19-10-3-2-9(6-10)15-12-11(16(17)18)8(7-13)4-5-14-12/h4-5,9-10H,2-3,6H2,1H3,(H,14,15). The van der Waals surface area contributed by atoms with Gasteiger partial charge in [-0.1, -0.05) is 0 Å². The smallest absolute Gasteiger partial charge is 0.328 e. The Bertz CT molecular complexity index is 529. The van der Waals surface area contributed by atoms with Crippen molar-refractivity contribution in [1.29, 1.82) is 5.26 Å². The van der Waals surface area contributed by atoms with Crippen molar-refractivity contribution >= 4 is 23.3 Å². The summed E-state index contributed by atoms with van der Waals surface area (Å²) in [7, 11) is 0. The van der Waals surface area contributed by atoms with Crippen molar-refractivity contribution in [2.45, 2.75) is 30.6 Å². The fraction of sp³-hybridized carbons (Fsp3) is 0.500. The van der Waals surface area contributed by atoms with E-state index in [4.69, 9.17) is 5.26 Å². The Morgan fingerprint density at radius 3 is 3.00 bits per heavy atom. The zero-order valence-corrected chi connectivity index (χ0v) is 11.3. The summed E-state index contributed by atoms with van der Waals surface area (Å²) in [5, 5.41) is 23.7. The molecule has 0 bridgehead atoms. The SMILES string of the molecule is CSC1CCC(Nc2nccc(C#N)c2[N+](=O)[O-])C1. The maximum absolute atomic E-state index is 11.1. The summed E-state index contributed by atoms with van der Waals surface area (Å²) in [6.07, 6.45) is 6.54. The number of nitriles is 1.